The first-order chi connectivity index (χ1) is 7.79. The van der Waals surface area contributed by atoms with Crippen molar-refractivity contribution in [3.63, 3.8) is 0 Å². The summed E-state index contributed by atoms with van der Waals surface area (Å²) >= 11 is 0. The highest BCUT2D eigenvalue weighted by Crippen LogP contribution is 2.51. The van der Waals surface area contributed by atoms with Crippen LogP contribution in [-0.4, -0.2) is 35.1 Å². The van der Waals surface area contributed by atoms with E-state index in [-0.39, 0.29) is 11.6 Å². The molecule has 3 atom stereocenters. The summed E-state index contributed by atoms with van der Waals surface area (Å²) in [6.45, 7) is 1.16. The van der Waals surface area contributed by atoms with E-state index in [9.17, 15) is 4.79 Å². The van der Waals surface area contributed by atoms with Gasteiger partial charge in [0, 0.05) is 24.1 Å². The largest absolute Gasteiger partial charge is 0.449 e. The van der Waals surface area contributed by atoms with Crippen molar-refractivity contribution in [2.75, 3.05) is 6.54 Å². The third-order valence-electron chi connectivity index (χ3n) is 4.56. The number of nitrogens with zero attached hydrogens (tertiary/aromatic N) is 1. The van der Waals surface area contributed by atoms with E-state index in [0.717, 1.165) is 18.5 Å². The van der Waals surface area contributed by atoms with Gasteiger partial charge in [-0.2, -0.15) is 0 Å². The minimum atomic E-state index is -0.281. The summed E-state index contributed by atoms with van der Waals surface area (Å²) in [4.78, 5) is 14.1. The van der Waals surface area contributed by atoms with Crippen LogP contribution >= 0.6 is 0 Å². The van der Waals surface area contributed by atoms with E-state index >= 15 is 0 Å². The molecule has 2 saturated heterocycles. The minimum Gasteiger partial charge on any atom is -0.449 e. The van der Waals surface area contributed by atoms with Crippen molar-refractivity contribution in [1.29, 1.82) is 0 Å². The van der Waals surface area contributed by atoms with Gasteiger partial charge >= 0.3 is 5.97 Å². The summed E-state index contributed by atoms with van der Waals surface area (Å²) in [6.07, 6.45) is 10.7. The van der Waals surface area contributed by atoms with Crippen molar-refractivity contribution >= 4 is 5.97 Å². The minimum absolute atomic E-state index is 0.146. The van der Waals surface area contributed by atoms with E-state index in [4.69, 9.17) is 4.74 Å². The Labute approximate surface area is 94.8 Å². The maximum absolute atomic E-state index is 11.5. The zero-order valence-electron chi connectivity index (χ0n) is 9.19. The molecule has 2 bridgehead atoms. The summed E-state index contributed by atoms with van der Waals surface area (Å²) in [5.41, 5.74) is 0.833. The van der Waals surface area contributed by atoms with Crippen molar-refractivity contribution < 1.29 is 9.53 Å². The average molecular weight is 217 g/mol. The molecule has 1 aliphatic carbocycles. The van der Waals surface area contributed by atoms with Crippen molar-refractivity contribution in [2.45, 2.75) is 43.4 Å². The molecule has 3 aliphatic heterocycles. The van der Waals surface area contributed by atoms with Gasteiger partial charge in [0.1, 0.15) is 0 Å². The summed E-state index contributed by atoms with van der Waals surface area (Å²) in [7, 11) is 0. The Kier molecular flexibility index (Phi) is 1.56. The first kappa shape index (κ1) is 8.99. The summed E-state index contributed by atoms with van der Waals surface area (Å²) in [5.74, 6) is -0.146. The molecule has 16 heavy (non-hydrogen) atoms. The number of carbonyl (C=O) groups excluding carboxylic acids is 1. The van der Waals surface area contributed by atoms with Crippen molar-refractivity contribution in [3.05, 3.63) is 23.8 Å². The maximum Gasteiger partial charge on any atom is 0.332 e. The van der Waals surface area contributed by atoms with E-state index in [1.807, 2.05) is 0 Å². The van der Waals surface area contributed by atoms with Crippen molar-refractivity contribution in [3.8, 4) is 0 Å². The van der Waals surface area contributed by atoms with Gasteiger partial charge in [-0.15, -0.1) is 0 Å². The molecule has 4 rings (SSSR count). The molecule has 4 aliphatic rings. The Bertz CT molecular complexity index is 426. The quantitative estimate of drug-likeness (QED) is 0.574. The fourth-order valence-electron chi connectivity index (χ4n) is 3.94. The second-order valence-corrected chi connectivity index (χ2v) is 5.29. The van der Waals surface area contributed by atoms with E-state index in [1.54, 1.807) is 6.08 Å². The Hall–Kier alpha value is -1.09. The molecule has 0 N–H and O–H groups in total. The lowest BCUT2D eigenvalue weighted by Crippen LogP contribution is -2.48. The van der Waals surface area contributed by atoms with Gasteiger partial charge in [0.25, 0.3) is 0 Å². The highest BCUT2D eigenvalue weighted by molar-refractivity contribution is 5.88. The predicted octanol–water partition coefficient (Wildman–Crippen LogP) is 1.41. The predicted molar refractivity (Wildman–Crippen MR) is 58.8 cm³/mol. The number of rotatable bonds is 0. The molecule has 3 heterocycles. The Balaban J connectivity index is 1.84. The third-order valence-corrected chi connectivity index (χ3v) is 4.56. The molecule has 2 unspecified atom stereocenters. The van der Waals surface area contributed by atoms with Gasteiger partial charge in [0.05, 0.1) is 6.04 Å². The van der Waals surface area contributed by atoms with Crippen LogP contribution in [0.4, 0.5) is 0 Å². The number of ether oxygens (including phenoxy) is 1. The second kappa shape index (κ2) is 2.77. The fourth-order valence-corrected chi connectivity index (χ4v) is 3.94. The van der Waals surface area contributed by atoms with Crippen LogP contribution in [0, 0.1) is 0 Å². The van der Waals surface area contributed by atoms with Crippen LogP contribution in [0.2, 0.25) is 0 Å². The molecule has 0 amide bonds. The number of hydrogen-bond acceptors (Lipinski definition) is 3. The Morgan fingerprint density at radius 3 is 3.31 bits per heavy atom. The molecule has 3 heteroatoms. The molecule has 0 aromatic carbocycles. The molecular weight excluding hydrogens is 202 g/mol. The lowest BCUT2D eigenvalue weighted by atomic mass is 9.80. The van der Waals surface area contributed by atoms with Gasteiger partial charge in [-0.25, -0.2) is 4.79 Å². The topological polar surface area (TPSA) is 29.5 Å². The van der Waals surface area contributed by atoms with Crippen LogP contribution in [-0.2, 0) is 9.53 Å². The molecule has 2 fully saturated rings. The van der Waals surface area contributed by atoms with Crippen molar-refractivity contribution in [2.24, 2.45) is 0 Å². The number of piperidine rings is 1. The highest BCUT2D eigenvalue weighted by atomic mass is 16.6. The van der Waals surface area contributed by atoms with Gasteiger partial charge in [0.15, 0.2) is 5.60 Å². The number of hydrogen-bond donors (Lipinski definition) is 0. The number of fused-ring (bicyclic) bond motifs is 3. The molecule has 0 radical (unpaired) electrons. The maximum atomic E-state index is 11.5. The number of esters is 1. The van der Waals surface area contributed by atoms with Crippen LogP contribution in [0.15, 0.2) is 23.8 Å². The molecule has 1 spiro atoms. The smallest absolute Gasteiger partial charge is 0.332 e. The third kappa shape index (κ3) is 0.908. The molecule has 0 aromatic rings. The molecular formula is C13H15NO2. The van der Waals surface area contributed by atoms with Crippen LogP contribution in [0.3, 0.4) is 0 Å². The van der Waals surface area contributed by atoms with E-state index < -0.39 is 0 Å². The van der Waals surface area contributed by atoms with E-state index in [2.05, 4.69) is 17.1 Å². The number of carbonyl (C=O) groups is 1. The zero-order valence-corrected chi connectivity index (χ0v) is 9.19. The van der Waals surface area contributed by atoms with Crippen LogP contribution in [0.1, 0.15) is 25.7 Å². The average Bonchev–Trinajstić information content (AvgIpc) is 2.76. The fraction of sp³-hybridized carbons (Fsp3) is 0.615. The first-order valence-electron chi connectivity index (χ1n) is 6.19. The van der Waals surface area contributed by atoms with Crippen LogP contribution in [0.5, 0.6) is 0 Å². The van der Waals surface area contributed by atoms with Gasteiger partial charge in [-0.3, -0.25) is 4.90 Å². The van der Waals surface area contributed by atoms with Gasteiger partial charge in [-0.05, 0) is 19.4 Å². The van der Waals surface area contributed by atoms with Gasteiger partial charge in [0.2, 0.25) is 0 Å². The van der Waals surface area contributed by atoms with E-state index in [1.165, 1.54) is 19.3 Å². The first-order valence-corrected chi connectivity index (χ1v) is 6.19. The molecule has 0 aromatic heterocycles. The Morgan fingerprint density at radius 1 is 1.44 bits per heavy atom. The molecule has 0 saturated carbocycles. The standard InChI is InChI=1S/C13H15NO2/c15-12-7-9-4-5-10-8-13(9,16-12)11-3-1-2-6-14(10)11/h4-5,7,10-11H,1-3,6,8H2/t10?,11?,13-/m0/s1. The summed E-state index contributed by atoms with van der Waals surface area (Å²) in [6, 6.07) is 0.923. The highest BCUT2D eigenvalue weighted by Gasteiger charge is 2.59. The Morgan fingerprint density at radius 2 is 2.38 bits per heavy atom. The molecule has 84 valence electrons. The van der Waals surface area contributed by atoms with Crippen molar-refractivity contribution in [1.82, 2.24) is 4.90 Å². The lowest BCUT2D eigenvalue weighted by molar-refractivity contribution is -0.148. The molecule has 3 nitrogen and oxygen atoms in total. The monoisotopic (exact) mass is 217 g/mol. The normalized spacial score (nSPS) is 45.0. The lowest BCUT2D eigenvalue weighted by Gasteiger charge is -2.37. The summed E-state index contributed by atoms with van der Waals surface area (Å²) in [5, 5.41) is 0. The summed E-state index contributed by atoms with van der Waals surface area (Å²) < 4.78 is 5.69. The van der Waals surface area contributed by atoms with Gasteiger partial charge < -0.3 is 4.74 Å². The zero-order chi connectivity index (χ0) is 10.8. The van der Waals surface area contributed by atoms with E-state index in [0.29, 0.717) is 12.1 Å². The van der Waals surface area contributed by atoms with Gasteiger partial charge in [-0.1, -0.05) is 18.6 Å². The van der Waals surface area contributed by atoms with Crippen LogP contribution < -0.4 is 0 Å². The van der Waals surface area contributed by atoms with Crippen LogP contribution in [0.25, 0.3) is 0 Å². The second-order valence-electron chi connectivity index (χ2n) is 5.29. The SMILES string of the molecule is O=C1C=C2C=CC3C[C@@]2(O1)C1CCCCN31.